The fourth-order valence-corrected chi connectivity index (χ4v) is 5.20. The fourth-order valence-electron chi connectivity index (χ4n) is 4.91. The Bertz CT molecular complexity index is 1200. The normalized spacial score (nSPS) is 14.6. The summed E-state index contributed by atoms with van der Waals surface area (Å²) in [6.07, 6.45) is 2.33. The van der Waals surface area contributed by atoms with Gasteiger partial charge in [-0.3, -0.25) is 4.79 Å². The van der Waals surface area contributed by atoms with E-state index >= 15 is 0 Å². The van der Waals surface area contributed by atoms with Crippen molar-refractivity contribution in [3.63, 3.8) is 0 Å². The second-order valence-electron chi connectivity index (χ2n) is 9.68. The van der Waals surface area contributed by atoms with Gasteiger partial charge in [0.2, 0.25) is 5.91 Å². The molecule has 0 spiro atoms. The van der Waals surface area contributed by atoms with Crippen molar-refractivity contribution in [2.24, 2.45) is 0 Å². The standard InChI is InChI=1S/C30H35Cl2N3O2/c1-4-37-29-18-23(22-10-6-5-7-11-22)12-14-25(29)28(20-34-16-8-9-17-34)35(30(36)21-33(2)3)24-13-15-26(31)27(32)19-24/h5-7,10-15,18-19,28H,4,8-9,16-17,20-21H2,1-3H3. The molecule has 7 heteroatoms. The van der Waals surface area contributed by atoms with Crippen LogP contribution in [0.15, 0.2) is 66.7 Å². The number of ether oxygens (including phenoxy) is 1. The predicted molar refractivity (Wildman–Crippen MR) is 154 cm³/mol. The Labute approximate surface area is 230 Å². The van der Waals surface area contributed by atoms with Crippen molar-refractivity contribution >= 4 is 34.8 Å². The molecule has 196 valence electrons. The summed E-state index contributed by atoms with van der Waals surface area (Å²) < 4.78 is 6.22. The summed E-state index contributed by atoms with van der Waals surface area (Å²) in [7, 11) is 3.81. The molecule has 1 amide bonds. The zero-order valence-corrected chi connectivity index (χ0v) is 23.3. The van der Waals surface area contributed by atoms with Crippen LogP contribution in [0.25, 0.3) is 11.1 Å². The van der Waals surface area contributed by atoms with E-state index in [1.165, 1.54) is 0 Å². The van der Waals surface area contributed by atoms with Gasteiger partial charge >= 0.3 is 0 Å². The minimum atomic E-state index is -0.269. The van der Waals surface area contributed by atoms with E-state index < -0.39 is 0 Å². The Morgan fingerprint density at radius 2 is 1.68 bits per heavy atom. The van der Waals surface area contributed by atoms with E-state index in [4.69, 9.17) is 27.9 Å². The molecule has 1 saturated heterocycles. The van der Waals surface area contributed by atoms with Gasteiger partial charge in [-0.2, -0.15) is 0 Å². The summed E-state index contributed by atoms with van der Waals surface area (Å²) in [5.74, 6) is 0.776. The highest BCUT2D eigenvalue weighted by atomic mass is 35.5. The first kappa shape index (κ1) is 27.5. The summed E-state index contributed by atoms with van der Waals surface area (Å²) in [5, 5.41) is 0.884. The summed E-state index contributed by atoms with van der Waals surface area (Å²) in [6.45, 7) is 5.51. The molecule has 1 aliphatic rings. The van der Waals surface area contributed by atoms with Crippen molar-refractivity contribution in [1.29, 1.82) is 0 Å². The topological polar surface area (TPSA) is 36.0 Å². The summed E-state index contributed by atoms with van der Waals surface area (Å²) in [6, 6.07) is 21.7. The highest BCUT2D eigenvalue weighted by Crippen LogP contribution is 2.38. The number of carbonyl (C=O) groups excluding carboxylic acids is 1. The van der Waals surface area contributed by atoms with Gasteiger partial charge in [-0.05, 0) is 82.3 Å². The minimum Gasteiger partial charge on any atom is -0.493 e. The van der Waals surface area contributed by atoms with E-state index in [0.29, 0.717) is 23.2 Å². The monoisotopic (exact) mass is 539 g/mol. The Kier molecular flexibility index (Phi) is 9.49. The summed E-state index contributed by atoms with van der Waals surface area (Å²) in [5.41, 5.74) is 3.90. The average Bonchev–Trinajstić information content (AvgIpc) is 3.39. The third-order valence-corrected chi connectivity index (χ3v) is 7.36. The van der Waals surface area contributed by atoms with Gasteiger partial charge in [0.05, 0.1) is 29.2 Å². The quantitative estimate of drug-likeness (QED) is 0.284. The van der Waals surface area contributed by atoms with Gasteiger partial charge < -0.3 is 19.4 Å². The lowest BCUT2D eigenvalue weighted by Crippen LogP contribution is -2.44. The van der Waals surface area contributed by atoms with Crippen LogP contribution in [0, 0.1) is 0 Å². The van der Waals surface area contributed by atoms with Crippen molar-refractivity contribution in [1.82, 2.24) is 9.80 Å². The van der Waals surface area contributed by atoms with E-state index in [1.54, 1.807) is 12.1 Å². The molecule has 0 N–H and O–H groups in total. The van der Waals surface area contributed by atoms with Gasteiger partial charge in [-0.15, -0.1) is 0 Å². The van der Waals surface area contributed by atoms with Gasteiger partial charge in [0.15, 0.2) is 0 Å². The van der Waals surface area contributed by atoms with Gasteiger partial charge in [0.1, 0.15) is 5.75 Å². The zero-order chi connectivity index (χ0) is 26.4. The van der Waals surface area contributed by atoms with Crippen molar-refractivity contribution in [3.8, 4) is 16.9 Å². The molecule has 4 rings (SSSR count). The number of benzene rings is 3. The largest absolute Gasteiger partial charge is 0.493 e. The molecular weight excluding hydrogens is 505 g/mol. The van der Waals surface area contributed by atoms with E-state index in [9.17, 15) is 4.79 Å². The second-order valence-corrected chi connectivity index (χ2v) is 10.5. The highest BCUT2D eigenvalue weighted by molar-refractivity contribution is 6.42. The SMILES string of the molecule is CCOc1cc(-c2ccccc2)ccc1C(CN1CCCC1)N(C(=O)CN(C)C)c1ccc(Cl)c(Cl)c1. The predicted octanol–water partition coefficient (Wildman–Crippen LogP) is 6.79. The molecule has 0 bridgehead atoms. The molecule has 3 aromatic rings. The highest BCUT2D eigenvalue weighted by Gasteiger charge is 2.32. The molecule has 3 aromatic carbocycles. The number of anilines is 1. The number of nitrogens with zero attached hydrogens (tertiary/aromatic N) is 3. The lowest BCUT2D eigenvalue weighted by atomic mass is 9.97. The molecule has 1 heterocycles. The van der Waals surface area contributed by atoms with Crippen molar-refractivity contribution in [2.75, 3.05) is 51.8 Å². The molecule has 37 heavy (non-hydrogen) atoms. The Morgan fingerprint density at radius 3 is 2.32 bits per heavy atom. The Balaban J connectivity index is 1.85. The molecule has 1 unspecified atom stereocenters. The number of likely N-dealkylation sites (N-methyl/N-ethyl adjacent to an activating group) is 1. The molecule has 1 fully saturated rings. The van der Waals surface area contributed by atoms with E-state index in [-0.39, 0.29) is 18.5 Å². The third-order valence-electron chi connectivity index (χ3n) is 6.62. The molecule has 1 atom stereocenters. The number of hydrogen-bond donors (Lipinski definition) is 0. The number of hydrogen-bond acceptors (Lipinski definition) is 4. The van der Waals surface area contributed by atoms with E-state index in [1.807, 2.05) is 55.1 Å². The van der Waals surface area contributed by atoms with Gasteiger partial charge in [0, 0.05) is 17.8 Å². The minimum absolute atomic E-state index is 0.0119. The van der Waals surface area contributed by atoms with Crippen LogP contribution in [0.4, 0.5) is 5.69 Å². The van der Waals surface area contributed by atoms with Crippen LogP contribution in [0.3, 0.4) is 0 Å². The Hall–Kier alpha value is -2.57. The number of likely N-dealkylation sites (tertiary alicyclic amines) is 1. The number of rotatable bonds is 10. The molecule has 5 nitrogen and oxygen atoms in total. The first-order valence-electron chi connectivity index (χ1n) is 12.8. The van der Waals surface area contributed by atoms with Crippen LogP contribution in [-0.2, 0) is 4.79 Å². The van der Waals surface area contributed by atoms with Crippen molar-refractivity contribution < 1.29 is 9.53 Å². The smallest absolute Gasteiger partial charge is 0.241 e. The third kappa shape index (κ3) is 6.85. The van der Waals surface area contributed by atoms with Crippen molar-refractivity contribution in [2.45, 2.75) is 25.8 Å². The van der Waals surface area contributed by atoms with Gasteiger partial charge in [-0.1, -0.05) is 65.7 Å². The summed E-state index contributed by atoms with van der Waals surface area (Å²) in [4.78, 5) is 20.0. The number of carbonyl (C=O) groups is 1. The molecule has 1 aliphatic heterocycles. The molecule has 0 radical (unpaired) electrons. The lowest BCUT2D eigenvalue weighted by Gasteiger charge is -2.36. The molecule has 0 saturated carbocycles. The maximum Gasteiger partial charge on any atom is 0.241 e. The van der Waals surface area contributed by atoms with E-state index in [2.05, 4.69) is 35.2 Å². The van der Waals surface area contributed by atoms with Gasteiger partial charge in [-0.25, -0.2) is 0 Å². The zero-order valence-electron chi connectivity index (χ0n) is 21.8. The first-order valence-corrected chi connectivity index (χ1v) is 13.6. The van der Waals surface area contributed by atoms with Crippen LogP contribution in [0.1, 0.15) is 31.4 Å². The van der Waals surface area contributed by atoms with Crippen LogP contribution in [0.5, 0.6) is 5.75 Å². The maximum atomic E-state index is 13.8. The molecule has 0 aromatic heterocycles. The van der Waals surface area contributed by atoms with Crippen LogP contribution >= 0.6 is 23.2 Å². The Morgan fingerprint density at radius 1 is 0.946 bits per heavy atom. The fraction of sp³-hybridized carbons (Fsp3) is 0.367. The number of halogens is 2. The van der Waals surface area contributed by atoms with Gasteiger partial charge in [0.25, 0.3) is 0 Å². The molecular formula is C30H35Cl2N3O2. The van der Waals surface area contributed by atoms with E-state index in [0.717, 1.165) is 54.1 Å². The molecule has 0 aliphatic carbocycles. The van der Waals surface area contributed by atoms with Crippen LogP contribution in [-0.4, -0.2) is 62.6 Å². The van der Waals surface area contributed by atoms with Crippen molar-refractivity contribution in [3.05, 3.63) is 82.3 Å². The maximum absolute atomic E-state index is 13.8. The average molecular weight is 541 g/mol. The van der Waals surface area contributed by atoms with Crippen LogP contribution in [0.2, 0.25) is 10.0 Å². The summed E-state index contributed by atoms with van der Waals surface area (Å²) >= 11 is 12.7. The van der Waals surface area contributed by atoms with Crippen LogP contribution < -0.4 is 9.64 Å². The lowest BCUT2D eigenvalue weighted by molar-refractivity contribution is -0.119. The first-order chi connectivity index (χ1) is 17.9. The number of amides is 1. The second kappa shape index (κ2) is 12.8.